The van der Waals surface area contributed by atoms with Crippen molar-refractivity contribution >= 4 is 17.2 Å². The summed E-state index contributed by atoms with van der Waals surface area (Å²) >= 11 is 0. The number of hydrogen-bond acceptors (Lipinski definition) is 4. The number of carbonyl (C=O) groups is 1. The van der Waals surface area contributed by atoms with Gasteiger partial charge in [-0.15, -0.1) is 0 Å². The van der Waals surface area contributed by atoms with Gasteiger partial charge in [-0.1, -0.05) is 36.4 Å². The molecule has 6 heteroatoms. The number of ether oxygens (including phenoxy) is 1. The van der Waals surface area contributed by atoms with E-state index in [0.717, 1.165) is 35.6 Å². The number of rotatable bonds is 9. The summed E-state index contributed by atoms with van der Waals surface area (Å²) in [6, 6.07) is 21.3. The number of aromatic nitrogens is 2. The maximum Gasteiger partial charge on any atom is 0.255 e. The van der Waals surface area contributed by atoms with E-state index in [-0.39, 0.29) is 5.91 Å². The molecule has 0 fully saturated rings. The minimum atomic E-state index is -0.138. The van der Waals surface area contributed by atoms with Crippen LogP contribution in [0.3, 0.4) is 0 Å². The summed E-state index contributed by atoms with van der Waals surface area (Å²) in [6.07, 6.45) is 4.74. The van der Waals surface area contributed by atoms with Crippen LogP contribution >= 0.6 is 0 Å². The van der Waals surface area contributed by atoms with Crippen LogP contribution in [0.15, 0.2) is 79.1 Å². The molecular formula is C25H26N4O2. The van der Waals surface area contributed by atoms with E-state index in [1.165, 1.54) is 0 Å². The minimum Gasteiger partial charge on any atom is -0.486 e. The Morgan fingerprint density at radius 3 is 2.65 bits per heavy atom. The van der Waals surface area contributed by atoms with E-state index >= 15 is 0 Å². The predicted molar refractivity (Wildman–Crippen MR) is 123 cm³/mol. The molecule has 4 aromatic rings. The van der Waals surface area contributed by atoms with Crippen molar-refractivity contribution in [3.8, 4) is 5.75 Å². The molecule has 0 bridgehead atoms. The molecule has 0 aliphatic carbocycles. The molecule has 0 aliphatic heterocycles. The van der Waals surface area contributed by atoms with Gasteiger partial charge in [0.05, 0.1) is 11.3 Å². The van der Waals surface area contributed by atoms with Gasteiger partial charge in [-0.05, 0) is 49.2 Å². The lowest BCUT2D eigenvalue weighted by Gasteiger charge is -2.11. The second-order valence-corrected chi connectivity index (χ2v) is 7.34. The first-order valence-electron chi connectivity index (χ1n) is 10.4. The van der Waals surface area contributed by atoms with E-state index < -0.39 is 0 Å². The summed E-state index contributed by atoms with van der Waals surface area (Å²) in [5.74, 6) is 0.414. The highest BCUT2D eigenvalue weighted by Gasteiger charge is 2.12. The van der Waals surface area contributed by atoms with E-state index in [4.69, 9.17) is 4.74 Å². The van der Waals surface area contributed by atoms with Crippen molar-refractivity contribution in [1.29, 1.82) is 0 Å². The van der Waals surface area contributed by atoms with Crippen molar-refractivity contribution in [3.05, 3.63) is 95.9 Å². The lowest BCUT2D eigenvalue weighted by atomic mass is 10.2. The van der Waals surface area contributed by atoms with Crippen molar-refractivity contribution in [2.75, 3.05) is 18.4 Å². The molecule has 2 aromatic heterocycles. The number of hydrogen-bond donors (Lipinski definition) is 2. The van der Waals surface area contributed by atoms with E-state index in [1.54, 1.807) is 6.07 Å². The molecule has 0 saturated carbocycles. The highest BCUT2D eigenvalue weighted by atomic mass is 16.5. The van der Waals surface area contributed by atoms with Crippen LogP contribution in [0.5, 0.6) is 5.75 Å². The Morgan fingerprint density at radius 2 is 1.81 bits per heavy atom. The maximum absolute atomic E-state index is 12.7. The number of benzene rings is 2. The molecule has 2 heterocycles. The number of aryl methyl sites for hydroxylation is 1. The molecule has 4 rings (SSSR count). The number of nitrogens with zero attached hydrogens (tertiary/aromatic N) is 2. The molecule has 0 saturated heterocycles. The summed E-state index contributed by atoms with van der Waals surface area (Å²) in [5.41, 5.74) is 4.44. The lowest BCUT2D eigenvalue weighted by molar-refractivity contribution is 0.0949. The predicted octanol–water partition coefficient (Wildman–Crippen LogP) is 4.45. The number of fused-ring (bicyclic) bond motifs is 1. The SMILES string of the molecule is Cc1cccn2cc(COc3ccccc3C(=O)NCCCNc3ccccc3)nc12. The lowest BCUT2D eigenvalue weighted by Crippen LogP contribution is -2.26. The third kappa shape index (κ3) is 5.22. The molecule has 2 N–H and O–H groups in total. The van der Waals surface area contributed by atoms with Gasteiger partial charge in [0.2, 0.25) is 0 Å². The fraction of sp³-hybridized carbons (Fsp3) is 0.200. The van der Waals surface area contributed by atoms with Crippen LogP contribution in [0.2, 0.25) is 0 Å². The third-order valence-corrected chi connectivity index (χ3v) is 4.98. The van der Waals surface area contributed by atoms with Gasteiger partial charge in [0.1, 0.15) is 18.0 Å². The number of para-hydroxylation sites is 2. The first-order valence-corrected chi connectivity index (χ1v) is 10.4. The van der Waals surface area contributed by atoms with Gasteiger partial charge in [0, 0.05) is 31.2 Å². The van der Waals surface area contributed by atoms with Crippen molar-refractivity contribution in [1.82, 2.24) is 14.7 Å². The van der Waals surface area contributed by atoms with Gasteiger partial charge in [0.25, 0.3) is 5.91 Å². The topological polar surface area (TPSA) is 67.7 Å². The van der Waals surface area contributed by atoms with Gasteiger partial charge >= 0.3 is 0 Å². The average molecular weight is 415 g/mol. The number of anilines is 1. The summed E-state index contributed by atoms with van der Waals surface area (Å²) in [6.45, 7) is 3.70. The highest BCUT2D eigenvalue weighted by molar-refractivity contribution is 5.96. The average Bonchev–Trinajstić information content (AvgIpc) is 3.23. The standard InChI is InChI=1S/C25H26N4O2/c1-19-9-7-16-29-17-21(28-24(19)29)18-31-23-13-6-5-12-22(23)25(30)27-15-8-14-26-20-10-3-2-4-11-20/h2-7,9-13,16-17,26H,8,14-15,18H2,1H3,(H,27,30). The highest BCUT2D eigenvalue weighted by Crippen LogP contribution is 2.20. The van der Waals surface area contributed by atoms with Gasteiger partial charge in [0.15, 0.2) is 0 Å². The van der Waals surface area contributed by atoms with Crippen LogP contribution < -0.4 is 15.4 Å². The second kappa shape index (κ2) is 9.80. The Labute approximate surface area is 181 Å². The van der Waals surface area contributed by atoms with Crippen LogP contribution in [-0.4, -0.2) is 28.4 Å². The summed E-state index contributed by atoms with van der Waals surface area (Å²) in [7, 11) is 0. The quantitative estimate of drug-likeness (QED) is 0.397. The molecule has 0 unspecified atom stereocenters. The number of imidazole rings is 1. The molecule has 31 heavy (non-hydrogen) atoms. The molecule has 6 nitrogen and oxygen atoms in total. The Kier molecular flexibility index (Phi) is 6.47. The summed E-state index contributed by atoms with van der Waals surface area (Å²) < 4.78 is 7.93. The molecule has 2 aromatic carbocycles. The van der Waals surface area contributed by atoms with Gasteiger partial charge in [-0.3, -0.25) is 4.79 Å². The maximum atomic E-state index is 12.7. The molecular weight excluding hydrogens is 388 g/mol. The molecule has 1 amide bonds. The van der Waals surface area contributed by atoms with Crippen molar-refractivity contribution < 1.29 is 9.53 Å². The number of carbonyl (C=O) groups excluding carboxylic acids is 1. The number of amides is 1. The van der Waals surface area contributed by atoms with E-state index in [9.17, 15) is 4.79 Å². The first kappa shape index (κ1) is 20.5. The van der Waals surface area contributed by atoms with Gasteiger partial charge in [-0.25, -0.2) is 4.98 Å². The van der Waals surface area contributed by atoms with Crippen LogP contribution in [0.25, 0.3) is 5.65 Å². The van der Waals surface area contributed by atoms with E-state index in [1.807, 2.05) is 84.4 Å². The van der Waals surface area contributed by atoms with Crippen LogP contribution in [-0.2, 0) is 6.61 Å². The fourth-order valence-corrected chi connectivity index (χ4v) is 3.38. The van der Waals surface area contributed by atoms with Crippen LogP contribution in [0.1, 0.15) is 28.0 Å². The molecule has 0 radical (unpaired) electrons. The summed E-state index contributed by atoms with van der Waals surface area (Å²) in [4.78, 5) is 17.3. The number of nitrogens with one attached hydrogen (secondary N) is 2. The summed E-state index contributed by atoms with van der Waals surface area (Å²) in [5, 5.41) is 6.31. The largest absolute Gasteiger partial charge is 0.486 e. The Hall–Kier alpha value is -3.80. The van der Waals surface area contributed by atoms with Gasteiger partial charge in [-0.2, -0.15) is 0 Å². The molecule has 0 spiro atoms. The zero-order chi connectivity index (χ0) is 21.5. The fourth-order valence-electron chi connectivity index (χ4n) is 3.38. The van der Waals surface area contributed by atoms with Crippen molar-refractivity contribution in [2.45, 2.75) is 20.0 Å². The first-order chi connectivity index (χ1) is 15.2. The van der Waals surface area contributed by atoms with Crippen molar-refractivity contribution in [2.24, 2.45) is 0 Å². The number of pyridine rings is 1. The zero-order valence-corrected chi connectivity index (χ0v) is 17.5. The van der Waals surface area contributed by atoms with Gasteiger partial charge < -0.3 is 19.8 Å². The minimum absolute atomic E-state index is 0.138. The molecule has 0 atom stereocenters. The molecule has 158 valence electrons. The third-order valence-electron chi connectivity index (χ3n) is 4.98. The smallest absolute Gasteiger partial charge is 0.255 e. The van der Waals surface area contributed by atoms with E-state index in [2.05, 4.69) is 15.6 Å². The van der Waals surface area contributed by atoms with Crippen LogP contribution in [0.4, 0.5) is 5.69 Å². The van der Waals surface area contributed by atoms with Crippen LogP contribution in [0, 0.1) is 6.92 Å². The Bertz CT molecular complexity index is 1150. The normalized spacial score (nSPS) is 10.7. The monoisotopic (exact) mass is 414 g/mol. The van der Waals surface area contributed by atoms with Crippen molar-refractivity contribution in [3.63, 3.8) is 0 Å². The Morgan fingerprint density at radius 1 is 1.00 bits per heavy atom. The Balaban J connectivity index is 1.30. The van der Waals surface area contributed by atoms with E-state index in [0.29, 0.717) is 24.5 Å². The zero-order valence-electron chi connectivity index (χ0n) is 17.5. The second-order valence-electron chi connectivity index (χ2n) is 7.34. The molecule has 0 aliphatic rings.